The Bertz CT molecular complexity index is 1220. The molecule has 0 unspecified atom stereocenters. The first kappa shape index (κ1) is 25.8. The number of methoxy groups -OCH3 is 1. The quantitative estimate of drug-likeness (QED) is 0.434. The minimum absolute atomic E-state index is 0.0262. The van der Waals surface area contributed by atoms with Crippen LogP contribution in [0.3, 0.4) is 0 Å². The molecule has 0 spiro atoms. The number of nitrogens with one attached hydrogen (secondary N) is 1. The molecule has 2 atom stereocenters. The van der Waals surface area contributed by atoms with Gasteiger partial charge < -0.3 is 19.7 Å². The highest BCUT2D eigenvalue weighted by Gasteiger charge is 2.37. The van der Waals surface area contributed by atoms with Crippen molar-refractivity contribution in [2.24, 2.45) is 5.92 Å². The monoisotopic (exact) mass is 511 g/mol. The number of ether oxygens (including phenoxy) is 1. The zero-order valence-corrected chi connectivity index (χ0v) is 21.2. The van der Waals surface area contributed by atoms with Crippen molar-refractivity contribution in [1.82, 2.24) is 14.9 Å². The Morgan fingerprint density at radius 2 is 1.70 bits per heavy atom. The van der Waals surface area contributed by atoms with Gasteiger partial charge in [0.1, 0.15) is 18.0 Å². The van der Waals surface area contributed by atoms with Crippen LogP contribution in [0, 0.1) is 17.6 Å². The summed E-state index contributed by atoms with van der Waals surface area (Å²) in [5.41, 5.74) is 1.52. The SMILES string of the molecule is CO[C@H](c1ccccc1)c1nc2cc(F)c(F)cc2n1[C@H](C(=O)NC1CCC(O)CC1)C1CCCCC1. The Balaban J connectivity index is 1.64. The second-order valence-electron chi connectivity index (χ2n) is 10.5. The van der Waals surface area contributed by atoms with Crippen molar-refractivity contribution in [3.63, 3.8) is 0 Å². The molecule has 2 N–H and O–H groups in total. The lowest BCUT2D eigenvalue weighted by atomic mass is 9.82. The van der Waals surface area contributed by atoms with Crippen LogP contribution in [0.5, 0.6) is 0 Å². The van der Waals surface area contributed by atoms with Crippen molar-refractivity contribution < 1.29 is 23.4 Å². The molecule has 0 radical (unpaired) electrons. The van der Waals surface area contributed by atoms with Crippen LogP contribution in [0.1, 0.15) is 81.3 Å². The van der Waals surface area contributed by atoms with Crippen molar-refractivity contribution in [2.45, 2.75) is 82.1 Å². The van der Waals surface area contributed by atoms with Crippen LogP contribution in [-0.2, 0) is 9.53 Å². The van der Waals surface area contributed by atoms with Crippen LogP contribution < -0.4 is 5.32 Å². The molecule has 6 nitrogen and oxygen atoms in total. The molecule has 2 aliphatic carbocycles. The Kier molecular flexibility index (Phi) is 7.86. The Hall–Kier alpha value is -2.84. The summed E-state index contributed by atoms with van der Waals surface area (Å²) in [6.07, 6.45) is 6.68. The first-order valence-corrected chi connectivity index (χ1v) is 13.4. The van der Waals surface area contributed by atoms with Crippen LogP contribution in [0.4, 0.5) is 8.78 Å². The van der Waals surface area contributed by atoms with E-state index in [9.17, 15) is 18.7 Å². The van der Waals surface area contributed by atoms with Gasteiger partial charge in [0.05, 0.1) is 17.1 Å². The van der Waals surface area contributed by atoms with Crippen molar-refractivity contribution in [3.05, 3.63) is 65.5 Å². The van der Waals surface area contributed by atoms with Gasteiger partial charge in [-0.15, -0.1) is 0 Å². The van der Waals surface area contributed by atoms with Crippen LogP contribution in [-0.4, -0.2) is 39.8 Å². The molecule has 8 heteroatoms. The molecule has 5 rings (SSSR count). The van der Waals surface area contributed by atoms with Crippen LogP contribution in [0.2, 0.25) is 0 Å². The van der Waals surface area contributed by atoms with Crippen LogP contribution in [0.15, 0.2) is 42.5 Å². The number of aliphatic hydroxyl groups excluding tert-OH is 1. The van der Waals surface area contributed by atoms with Gasteiger partial charge in [0.25, 0.3) is 0 Å². The lowest BCUT2D eigenvalue weighted by Gasteiger charge is -2.35. The minimum atomic E-state index is -0.975. The molecule has 1 heterocycles. The molecule has 1 aromatic heterocycles. The molecular weight excluding hydrogens is 476 g/mol. The van der Waals surface area contributed by atoms with Gasteiger partial charge in [-0.3, -0.25) is 4.79 Å². The third kappa shape index (κ3) is 5.41. The van der Waals surface area contributed by atoms with E-state index in [1.165, 1.54) is 0 Å². The highest BCUT2D eigenvalue weighted by Crippen LogP contribution is 2.39. The van der Waals surface area contributed by atoms with Crippen molar-refractivity contribution in [2.75, 3.05) is 7.11 Å². The van der Waals surface area contributed by atoms with Crippen molar-refractivity contribution in [3.8, 4) is 0 Å². The minimum Gasteiger partial charge on any atom is -0.393 e. The second kappa shape index (κ2) is 11.3. The van der Waals surface area contributed by atoms with Gasteiger partial charge >= 0.3 is 0 Å². The van der Waals surface area contributed by atoms with Crippen molar-refractivity contribution >= 4 is 16.9 Å². The number of aromatic nitrogens is 2. The average Bonchev–Trinajstić information content (AvgIpc) is 3.25. The standard InChI is InChI=1S/C29H35F2N3O3/c1-37-27(19-10-6-3-7-11-19)28-33-24-16-22(30)23(31)17-25(24)34(28)26(18-8-4-2-5-9-18)29(36)32-20-12-14-21(35)15-13-20/h3,6-7,10-11,16-18,20-21,26-27,35H,2,4-5,8-9,12-15H2,1H3,(H,32,36)/t20?,21?,26-,27+/m0/s1. The van der Waals surface area contributed by atoms with Gasteiger partial charge in [-0.05, 0) is 50.0 Å². The largest absolute Gasteiger partial charge is 0.393 e. The molecule has 0 bridgehead atoms. The number of imidazole rings is 1. The van der Waals surface area contributed by atoms with E-state index in [-0.39, 0.29) is 24.0 Å². The maximum absolute atomic E-state index is 14.6. The number of hydrogen-bond acceptors (Lipinski definition) is 4. The molecule has 0 aliphatic heterocycles. The molecule has 3 aromatic rings. The number of carbonyl (C=O) groups is 1. The third-order valence-electron chi connectivity index (χ3n) is 8.02. The van der Waals surface area contributed by atoms with Crippen LogP contribution in [0.25, 0.3) is 11.0 Å². The molecule has 2 aromatic carbocycles. The summed E-state index contributed by atoms with van der Waals surface area (Å²) in [7, 11) is 1.57. The second-order valence-corrected chi connectivity index (χ2v) is 10.5. The van der Waals surface area contributed by atoms with Gasteiger partial charge in [-0.1, -0.05) is 49.6 Å². The highest BCUT2D eigenvalue weighted by molar-refractivity contribution is 5.85. The number of hydrogen-bond donors (Lipinski definition) is 2. The molecule has 2 aliphatic rings. The van der Waals surface area contributed by atoms with E-state index >= 15 is 0 Å². The molecule has 198 valence electrons. The fraction of sp³-hybridized carbons (Fsp3) is 0.517. The van der Waals surface area contributed by atoms with Gasteiger partial charge in [0.2, 0.25) is 5.91 Å². The number of amides is 1. The lowest BCUT2D eigenvalue weighted by Crippen LogP contribution is -2.45. The summed E-state index contributed by atoms with van der Waals surface area (Å²) in [5, 5.41) is 13.2. The fourth-order valence-electron chi connectivity index (χ4n) is 6.10. The highest BCUT2D eigenvalue weighted by atomic mass is 19.2. The maximum Gasteiger partial charge on any atom is 0.243 e. The van der Waals surface area contributed by atoms with Crippen LogP contribution >= 0.6 is 0 Å². The van der Waals surface area contributed by atoms with E-state index in [2.05, 4.69) is 5.32 Å². The molecule has 2 fully saturated rings. The Labute approximate surface area is 216 Å². The fourth-order valence-corrected chi connectivity index (χ4v) is 6.10. The molecular formula is C29H35F2N3O3. The Morgan fingerprint density at radius 1 is 1.03 bits per heavy atom. The lowest BCUT2D eigenvalue weighted by molar-refractivity contribution is -0.127. The predicted octanol–water partition coefficient (Wildman–Crippen LogP) is 5.59. The summed E-state index contributed by atoms with van der Waals surface area (Å²) >= 11 is 0. The zero-order valence-electron chi connectivity index (χ0n) is 21.2. The number of benzene rings is 2. The number of halogens is 2. The van der Waals surface area contributed by atoms with E-state index in [0.717, 1.165) is 49.8 Å². The number of fused-ring (bicyclic) bond motifs is 1. The maximum atomic E-state index is 14.6. The average molecular weight is 512 g/mol. The van der Waals surface area contributed by atoms with E-state index in [1.54, 1.807) is 7.11 Å². The van der Waals surface area contributed by atoms with E-state index in [1.807, 2.05) is 34.9 Å². The Morgan fingerprint density at radius 3 is 2.38 bits per heavy atom. The molecule has 37 heavy (non-hydrogen) atoms. The summed E-state index contributed by atoms with van der Waals surface area (Å²) in [6, 6.07) is 11.1. The zero-order chi connectivity index (χ0) is 25.9. The first-order chi connectivity index (χ1) is 18.0. The van der Waals surface area contributed by atoms with Gasteiger partial charge in [-0.25, -0.2) is 13.8 Å². The molecule has 2 saturated carbocycles. The normalized spacial score (nSPS) is 22.6. The predicted molar refractivity (Wildman–Crippen MR) is 137 cm³/mol. The molecule has 1 amide bonds. The van der Waals surface area contributed by atoms with Gasteiger partial charge in [-0.2, -0.15) is 0 Å². The summed E-state index contributed by atoms with van der Waals surface area (Å²) in [6.45, 7) is 0. The summed E-state index contributed by atoms with van der Waals surface area (Å²) in [5.74, 6) is -1.60. The van der Waals surface area contributed by atoms with Crippen molar-refractivity contribution in [1.29, 1.82) is 0 Å². The smallest absolute Gasteiger partial charge is 0.243 e. The summed E-state index contributed by atoms with van der Waals surface area (Å²) < 4.78 is 36.6. The van der Waals surface area contributed by atoms with Gasteiger partial charge in [0, 0.05) is 25.3 Å². The number of carbonyl (C=O) groups excluding carboxylic acids is 1. The number of rotatable bonds is 7. The van der Waals surface area contributed by atoms with E-state index in [0.29, 0.717) is 42.5 Å². The third-order valence-corrected chi connectivity index (χ3v) is 8.02. The number of nitrogens with zero attached hydrogens (tertiary/aromatic N) is 2. The van der Waals surface area contributed by atoms with E-state index < -0.39 is 23.8 Å². The summed E-state index contributed by atoms with van der Waals surface area (Å²) in [4.78, 5) is 18.8. The van der Waals surface area contributed by atoms with E-state index in [4.69, 9.17) is 9.72 Å². The van der Waals surface area contributed by atoms with Gasteiger partial charge in [0.15, 0.2) is 11.6 Å². The molecule has 0 saturated heterocycles. The number of aliphatic hydroxyl groups is 1. The topological polar surface area (TPSA) is 76.4 Å². The first-order valence-electron chi connectivity index (χ1n) is 13.4.